The SMILES string of the molecule is COc1ccc(O[C@H](Cc2cc(C)cc(C)c2)C(=O)O)cc1. The fourth-order valence-corrected chi connectivity index (χ4v) is 2.40. The van der Waals surface area contributed by atoms with Gasteiger partial charge in [0.15, 0.2) is 6.10 Å². The molecule has 0 heterocycles. The summed E-state index contributed by atoms with van der Waals surface area (Å²) in [6, 6.07) is 12.9. The van der Waals surface area contributed by atoms with Crippen LogP contribution in [0.4, 0.5) is 0 Å². The van der Waals surface area contributed by atoms with Crippen LogP contribution in [0.5, 0.6) is 11.5 Å². The van der Waals surface area contributed by atoms with Crippen LogP contribution in [-0.4, -0.2) is 24.3 Å². The third kappa shape index (κ3) is 4.25. The molecule has 0 amide bonds. The Morgan fingerprint density at radius 3 is 2.09 bits per heavy atom. The van der Waals surface area contributed by atoms with Crippen LogP contribution in [0.1, 0.15) is 16.7 Å². The molecule has 4 heteroatoms. The van der Waals surface area contributed by atoms with Crippen molar-refractivity contribution in [2.75, 3.05) is 7.11 Å². The first-order chi connectivity index (χ1) is 10.5. The molecule has 0 aliphatic heterocycles. The number of aryl methyl sites for hydroxylation is 2. The lowest BCUT2D eigenvalue weighted by atomic mass is 10.0. The van der Waals surface area contributed by atoms with Crippen molar-refractivity contribution < 1.29 is 19.4 Å². The Bertz CT molecular complexity index is 626. The minimum absolute atomic E-state index is 0.323. The molecule has 0 spiro atoms. The molecule has 2 rings (SSSR count). The van der Waals surface area contributed by atoms with E-state index in [1.807, 2.05) is 26.0 Å². The van der Waals surface area contributed by atoms with E-state index in [1.54, 1.807) is 31.4 Å². The average Bonchev–Trinajstić information content (AvgIpc) is 2.46. The van der Waals surface area contributed by atoms with Crippen molar-refractivity contribution in [3.05, 3.63) is 59.2 Å². The minimum Gasteiger partial charge on any atom is -0.497 e. The van der Waals surface area contributed by atoms with Gasteiger partial charge in [-0.25, -0.2) is 4.79 Å². The van der Waals surface area contributed by atoms with E-state index in [-0.39, 0.29) is 0 Å². The number of hydrogen-bond acceptors (Lipinski definition) is 3. The van der Waals surface area contributed by atoms with E-state index in [9.17, 15) is 9.90 Å². The molecule has 0 saturated carbocycles. The van der Waals surface area contributed by atoms with Crippen LogP contribution in [0.25, 0.3) is 0 Å². The highest BCUT2D eigenvalue weighted by atomic mass is 16.5. The van der Waals surface area contributed by atoms with Gasteiger partial charge in [-0.1, -0.05) is 29.3 Å². The summed E-state index contributed by atoms with van der Waals surface area (Å²) in [4.78, 5) is 11.5. The minimum atomic E-state index is -0.977. The molecular formula is C18H20O4. The molecule has 0 fully saturated rings. The molecule has 116 valence electrons. The van der Waals surface area contributed by atoms with Crippen molar-refractivity contribution in [2.24, 2.45) is 0 Å². The van der Waals surface area contributed by atoms with Gasteiger partial charge in [-0.2, -0.15) is 0 Å². The van der Waals surface area contributed by atoms with Crippen LogP contribution >= 0.6 is 0 Å². The highest BCUT2D eigenvalue weighted by Crippen LogP contribution is 2.20. The molecule has 1 atom stereocenters. The number of carboxylic acids is 1. The maximum Gasteiger partial charge on any atom is 0.345 e. The first kappa shape index (κ1) is 15.9. The summed E-state index contributed by atoms with van der Waals surface area (Å²) in [6.07, 6.45) is -0.598. The third-order valence-electron chi connectivity index (χ3n) is 3.32. The van der Waals surface area contributed by atoms with Gasteiger partial charge in [-0.15, -0.1) is 0 Å². The highest BCUT2D eigenvalue weighted by Gasteiger charge is 2.20. The number of benzene rings is 2. The number of carboxylic acid groups (broad SMARTS) is 1. The molecule has 4 nitrogen and oxygen atoms in total. The number of carbonyl (C=O) groups is 1. The number of rotatable bonds is 6. The first-order valence-electron chi connectivity index (χ1n) is 7.08. The van der Waals surface area contributed by atoms with Gasteiger partial charge in [0, 0.05) is 6.42 Å². The molecule has 0 aliphatic carbocycles. The molecule has 0 bridgehead atoms. The van der Waals surface area contributed by atoms with Crippen LogP contribution in [0, 0.1) is 13.8 Å². The summed E-state index contributed by atoms with van der Waals surface area (Å²) in [5.41, 5.74) is 3.19. The Labute approximate surface area is 130 Å². The molecule has 1 N–H and O–H groups in total. The van der Waals surface area contributed by atoms with Gasteiger partial charge >= 0.3 is 5.97 Å². The summed E-state index contributed by atoms with van der Waals surface area (Å²) in [5, 5.41) is 9.39. The lowest BCUT2D eigenvalue weighted by molar-refractivity contribution is -0.145. The van der Waals surface area contributed by atoms with E-state index in [2.05, 4.69) is 6.07 Å². The van der Waals surface area contributed by atoms with Crippen molar-refractivity contribution in [3.8, 4) is 11.5 Å². The van der Waals surface area contributed by atoms with E-state index >= 15 is 0 Å². The average molecular weight is 300 g/mol. The Balaban J connectivity index is 2.13. The molecule has 2 aromatic rings. The summed E-state index contributed by atoms with van der Waals surface area (Å²) in [5.74, 6) is 0.237. The van der Waals surface area contributed by atoms with Crippen molar-refractivity contribution in [2.45, 2.75) is 26.4 Å². The van der Waals surface area contributed by atoms with E-state index in [0.29, 0.717) is 17.9 Å². The molecular weight excluding hydrogens is 280 g/mol. The monoisotopic (exact) mass is 300 g/mol. The highest BCUT2D eigenvalue weighted by molar-refractivity contribution is 5.73. The van der Waals surface area contributed by atoms with Gasteiger partial charge in [0.25, 0.3) is 0 Å². The second-order valence-corrected chi connectivity index (χ2v) is 5.32. The van der Waals surface area contributed by atoms with Crippen LogP contribution in [0.3, 0.4) is 0 Å². The number of aliphatic carboxylic acids is 1. The Hall–Kier alpha value is -2.49. The Morgan fingerprint density at radius 1 is 1.05 bits per heavy atom. The zero-order chi connectivity index (χ0) is 16.1. The lowest BCUT2D eigenvalue weighted by Crippen LogP contribution is -2.29. The largest absolute Gasteiger partial charge is 0.497 e. The molecule has 0 saturated heterocycles. The maximum atomic E-state index is 11.5. The fraction of sp³-hybridized carbons (Fsp3) is 0.278. The summed E-state index contributed by atoms with van der Waals surface area (Å²) >= 11 is 0. The number of ether oxygens (including phenoxy) is 2. The van der Waals surface area contributed by atoms with Gasteiger partial charge in [0.1, 0.15) is 11.5 Å². The van der Waals surface area contributed by atoms with Gasteiger partial charge in [-0.05, 0) is 43.7 Å². The molecule has 0 aromatic heterocycles. The van der Waals surface area contributed by atoms with Crippen molar-refractivity contribution >= 4 is 5.97 Å². The zero-order valence-electron chi connectivity index (χ0n) is 13.0. The second kappa shape index (κ2) is 6.98. The molecule has 0 aliphatic rings. The summed E-state index contributed by atoms with van der Waals surface area (Å²) < 4.78 is 10.7. The van der Waals surface area contributed by atoms with Crippen LogP contribution in [0.2, 0.25) is 0 Å². The lowest BCUT2D eigenvalue weighted by Gasteiger charge is -2.16. The molecule has 2 aromatic carbocycles. The van der Waals surface area contributed by atoms with Crippen LogP contribution in [0.15, 0.2) is 42.5 Å². The Morgan fingerprint density at radius 2 is 1.59 bits per heavy atom. The van der Waals surface area contributed by atoms with Gasteiger partial charge in [0.2, 0.25) is 0 Å². The van der Waals surface area contributed by atoms with Crippen molar-refractivity contribution in [1.29, 1.82) is 0 Å². The Kier molecular flexibility index (Phi) is 5.04. The quantitative estimate of drug-likeness (QED) is 0.888. The number of hydrogen-bond donors (Lipinski definition) is 1. The fourth-order valence-electron chi connectivity index (χ4n) is 2.40. The number of methoxy groups -OCH3 is 1. The van der Waals surface area contributed by atoms with E-state index in [4.69, 9.17) is 9.47 Å². The standard InChI is InChI=1S/C18H20O4/c1-12-8-13(2)10-14(9-12)11-17(18(19)20)22-16-6-4-15(21-3)5-7-16/h4-10,17H,11H2,1-3H3,(H,19,20)/t17-/m1/s1. The first-order valence-corrected chi connectivity index (χ1v) is 7.08. The van der Waals surface area contributed by atoms with E-state index in [0.717, 1.165) is 16.7 Å². The van der Waals surface area contributed by atoms with E-state index < -0.39 is 12.1 Å². The third-order valence-corrected chi connectivity index (χ3v) is 3.32. The summed E-state index contributed by atoms with van der Waals surface area (Å²) in [6.45, 7) is 3.99. The summed E-state index contributed by atoms with van der Waals surface area (Å²) in [7, 11) is 1.58. The smallest absolute Gasteiger partial charge is 0.345 e. The van der Waals surface area contributed by atoms with Gasteiger partial charge in [0.05, 0.1) is 7.11 Å². The van der Waals surface area contributed by atoms with Crippen LogP contribution < -0.4 is 9.47 Å². The predicted octanol–water partition coefficient (Wildman–Crippen LogP) is 3.39. The van der Waals surface area contributed by atoms with E-state index in [1.165, 1.54) is 0 Å². The molecule has 22 heavy (non-hydrogen) atoms. The normalized spacial score (nSPS) is 11.8. The zero-order valence-corrected chi connectivity index (χ0v) is 13.0. The molecule has 0 unspecified atom stereocenters. The maximum absolute atomic E-state index is 11.5. The predicted molar refractivity (Wildman–Crippen MR) is 84.7 cm³/mol. The van der Waals surface area contributed by atoms with Gasteiger partial charge in [-0.3, -0.25) is 0 Å². The second-order valence-electron chi connectivity index (χ2n) is 5.32. The molecule has 0 radical (unpaired) electrons. The van der Waals surface area contributed by atoms with Crippen LogP contribution in [-0.2, 0) is 11.2 Å². The van der Waals surface area contributed by atoms with Crippen molar-refractivity contribution in [1.82, 2.24) is 0 Å². The topological polar surface area (TPSA) is 55.8 Å². The van der Waals surface area contributed by atoms with Crippen molar-refractivity contribution in [3.63, 3.8) is 0 Å². The van der Waals surface area contributed by atoms with Gasteiger partial charge < -0.3 is 14.6 Å².